The molecule has 0 atom stereocenters. The van der Waals surface area contributed by atoms with Gasteiger partial charge < -0.3 is 4.90 Å². The maximum atomic E-state index is 11.8. The average Bonchev–Trinajstić information content (AvgIpc) is 2.28. The summed E-state index contributed by atoms with van der Waals surface area (Å²) >= 11 is 5.37. The molecule has 3 nitrogen and oxygen atoms in total. The third kappa shape index (κ3) is 2.98. The summed E-state index contributed by atoms with van der Waals surface area (Å²) in [5.41, 5.74) is 0.815. The highest BCUT2D eigenvalue weighted by Gasteiger charge is 2.22. The lowest BCUT2D eigenvalue weighted by molar-refractivity contribution is 0.601. The minimum absolute atomic E-state index is 0.416. The Morgan fingerprint density at radius 3 is 2.53 bits per heavy atom. The van der Waals surface area contributed by atoms with Gasteiger partial charge in [0.25, 0.3) is 0 Å². The summed E-state index contributed by atoms with van der Waals surface area (Å²) in [5.74, 6) is 2.09. The zero-order chi connectivity index (χ0) is 12.5. The van der Waals surface area contributed by atoms with Crippen LogP contribution in [0.2, 0.25) is 0 Å². The third-order valence-corrected chi connectivity index (χ3v) is 5.39. The molecular weight excluding hydrogens is 322 g/mol. The van der Waals surface area contributed by atoms with Gasteiger partial charge in [0.05, 0.1) is 10.6 Å². The van der Waals surface area contributed by atoms with Gasteiger partial charge in [0, 0.05) is 35.3 Å². The van der Waals surface area contributed by atoms with Crippen molar-refractivity contribution in [2.75, 3.05) is 35.8 Å². The smallest absolute Gasteiger partial charge is 0.177 e. The summed E-state index contributed by atoms with van der Waals surface area (Å²) in [6.45, 7) is 1.80. The van der Waals surface area contributed by atoms with Crippen LogP contribution in [0.3, 0.4) is 0 Å². The quantitative estimate of drug-likeness (QED) is 0.831. The summed E-state index contributed by atoms with van der Waals surface area (Å²) in [6.07, 6.45) is 1.26. The molecule has 1 aromatic rings. The molecular formula is C11H14BrNO2S2. The van der Waals surface area contributed by atoms with Crippen molar-refractivity contribution in [1.82, 2.24) is 0 Å². The molecule has 0 N–H and O–H groups in total. The number of anilines is 1. The van der Waals surface area contributed by atoms with E-state index in [4.69, 9.17) is 0 Å². The molecule has 1 heterocycles. The van der Waals surface area contributed by atoms with Gasteiger partial charge in [-0.15, -0.1) is 0 Å². The molecule has 0 radical (unpaired) electrons. The molecule has 0 unspecified atom stereocenters. The van der Waals surface area contributed by atoms with Crippen LogP contribution in [0.1, 0.15) is 0 Å². The van der Waals surface area contributed by atoms with Crippen molar-refractivity contribution in [3.05, 3.63) is 22.7 Å². The summed E-state index contributed by atoms with van der Waals surface area (Å²) in [7, 11) is -3.18. The molecule has 0 saturated carbocycles. The first kappa shape index (κ1) is 13.2. The van der Waals surface area contributed by atoms with Crippen LogP contribution in [0.4, 0.5) is 5.69 Å². The van der Waals surface area contributed by atoms with Gasteiger partial charge in [-0.2, -0.15) is 11.8 Å². The molecule has 0 aromatic heterocycles. The Morgan fingerprint density at radius 1 is 1.29 bits per heavy atom. The molecule has 0 amide bonds. The summed E-state index contributed by atoms with van der Waals surface area (Å²) < 4.78 is 24.4. The van der Waals surface area contributed by atoms with Crippen LogP contribution in [0, 0.1) is 0 Å². The molecule has 2 rings (SSSR count). The second kappa shape index (κ2) is 5.20. The van der Waals surface area contributed by atoms with E-state index in [9.17, 15) is 8.42 Å². The second-order valence-electron chi connectivity index (χ2n) is 3.96. The normalized spacial score (nSPS) is 17.2. The van der Waals surface area contributed by atoms with Gasteiger partial charge in [-0.1, -0.05) is 6.07 Å². The van der Waals surface area contributed by atoms with Crippen molar-refractivity contribution in [2.24, 2.45) is 0 Å². The Morgan fingerprint density at radius 2 is 1.94 bits per heavy atom. The summed E-state index contributed by atoms with van der Waals surface area (Å²) in [4.78, 5) is 2.57. The van der Waals surface area contributed by atoms with Gasteiger partial charge in [-0.25, -0.2) is 8.42 Å². The lowest BCUT2D eigenvalue weighted by Gasteiger charge is -2.30. The number of hydrogen-bond donors (Lipinski definition) is 0. The van der Waals surface area contributed by atoms with Gasteiger partial charge in [0.2, 0.25) is 0 Å². The fourth-order valence-corrected chi connectivity index (χ4v) is 4.46. The number of sulfone groups is 1. The van der Waals surface area contributed by atoms with Crippen LogP contribution < -0.4 is 4.90 Å². The first-order chi connectivity index (χ1) is 8.00. The minimum Gasteiger partial charge on any atom is -0.368 e. The second-order valence-corrected chi connectivity index (χ2v) is 8.02. The van der Waals surface area contributed by atoms with Crippen molar-refractivity contribution < 1.29 is 8.42 Å². The maximum absolute atomic E-state index is 11.8. The van der Waals surface area contributed by atoms with E-state index in [0.717, 1.165) is 34.8 Å². The SMILES string of the molecule is CS(=O)(=O)c1cccc(Br)c1N1CCSCC1. The van der Waals surface area contributed by atoms with Crippen molar-refractivity contribution in [1.29, 1.82) is 0 Å². The molecule has 1 aliphatic heterocycles. The fourth-order valence-electron chi connectivity index (χ4n) is 1.89. The zero-order valence-electron chi connectivity index (χ0n) is 9.52. The number of nitrogens with zero attached hydrogens (tertiary/aromatic N) is 1. The monoisotopic (exact) mass is 335 g/mol. The predicted molar refractivity (Wildman–Crippen MR) is 76.8 cm³/mol. The van der Waals surface area contributed by atoms with E-state index in [1.54, 1.807) is 12.1 Å². The van der Waals surface area contributed by atoms with Gasteiger partial charge in [-0.3, -0.25) is 0 Å². The van der Waals surface area contributed by atoms with E-state index < -0.39 is 9.84 Å². The van der Waals surface area contributed by atoms with E-state index in [-0.39, 0.29) is 0 Å². The van der Waals surface area contributed by atoms with Crippen molar-refractivity contribution in [2.45, 2.75) is 4.90 Å². The molecule has 94 valence electrons. The first-order valence-electron chi connectivity index (χ1n) is 5.31. The maximum Gasteiger partial charge on any atom is 0.177 e. The largest absolute Gasteiger partial charge is 0.368 e. The van der Waals surface area contributed by atoms with E-state index in [1.807, 2.05) is 17.8 Å². The summed E-state index contributed by atoms with van der Waals surface area (Å²) in [5, 5.41) is 0. The zero-order valence-corrected chi connectivity index (χ0v) is 12.7. The fraction of sp³-hybridized carbons (Fsp3) is 0.455. The molecule has 0 bridgehead atoms. The highest BCUT2D eigenvalue weighted by molar-refractivity contribution is 9.10. The minimum atomic E-state index is -3.18. The number of halogens is 1. The van der Waals surface area contributed by atoms with Gasteiger partial charge in [0.15, 0.2) is 9.84 Å². The van der Waals surface area contributed by atoms with Crippen molar-refractivity contribution >= 4 is 43.2 Å². The van der Waals surface area contributed by atoms with E-state index >= 15 is 0 Å². The van der Waals surface area contributed by atoms with Crippen molar-refractivity contribution in [3.63, 3.8) is 0 Å². The third-order valence-electron chi connectivity index (χ3n) is 2.68. The first-order valence-corrected chi connectivity index (χ1v) is 9.15. The number of benzene rings is 1. The number of thioether (sulfide) groups is 1. The summed E-state index contributed by atoms with van der Waals surface area (Å²) in [6, 6.07) is 5.34. The van der Waals surface area contributed by atoms with Crippen LogP contribution in [-0.4, -0.2) is 39.3 Å². The van der Waals surface area contributed by atoms with Crippen LogP contribution >= 0.6 is 27.7 Å². The molecule has 1 aromatic carbocycles. The molecule has 1 fully saturated rings. The van der Waals surface area contributed by atoms with Crippen LogP contribution in [0.25, 0.3) is 0 Å². The lowest BCUT2D eigenvalue weighted by Crippen LogP contribution is -2.33. The molecule has 0 spiro atoms. The van der Waals surface area contributed by atoms with Gasteiger partial charge in [0.1, 0.15) is 0 Å². The Hall–Kier alpha value is -0.200. The van der Waals surface area contributed by atoms with Crippen LogP contribution in [0.15, 0.2) is 27.6 Å². The topological polar surface area (TPSA) is 37.4 Å². The Bertz CT molecular complexity index is 510. The number of rotatable bonds is 2. The van der Waals surface area contributed by atoms with E-state index in [2.05, 4.69) is 20.8 Å². The molecule has 1 saturated heterocycles. The van der Waals surface area contributed by atoms with Crippen molar-refractivity contribution in [3.8, 4) is 0 Å². The highest BCUT2D eigenvalue weighted by atomic mass is 79.9. The number of para-hydroxylation sites is 1. The van der Waals surface area contributed by atoms with Crippen LogP contribution in [-0.2, 0) is 9.84 Å². The van der Waals surface area contributed by atoms with Gasteiger partial charge >= 0.3 is 0 Å². The van der Waals surface area contributed by atoms with Gasteiger partial charge in [-0.05, 0) is 28.1 Å². The van der Waals surface area contributed by atoms with Crippen LogP contribution in [0.5, 0.6) is 0 Å². The Kier molecular flexibility index (Phi) is 4.05. The number of hydrogen-bond acceptors (Lipinski definition) is 4. The highest BCUT2D eigenvalue weighted by Crippen LogP contribution is 2.34. The lowest BCUT2D eigenvalue weighted by atomic mass is 10.3. The Balaban J connectivity index is 2.50. The Labute approximate surface area is 115 Å². The molecule has 0 aliphatic carbocycles. The standard InChI is InChI=1S/C11H14BrNO2S2/c1-17(14,15)10-4-2-3-9(12)11(10)13-5-7-16-8-6-13/h2-4H,5-8H2,1H3. The average molecular weight is 336 g/mol. The molecule has 1 aliphatic rings. The van der Waals surface area contributed by atoms with E-state index in [1.165, 1.54) is 6.26 Å². The predicted octanol–water partition coefficient (Wildman–Crippen LogP) is 2.41. The molecule has 17 heavy (non-hydrogen) atoms. The van der Waals surface area contributed by atoms with E-state index in [0.29, 0.717) is 4.90 Å². The molecule has 6 heteroatoms.